The molecule has 4 aromatic rings. The third-order valence-corrected chi connectivity index (χ3v) is 6.60. The number of hydrogen-bond acceptors (Lipinski definition) is 5. The first kappa shape index (κ1) is 25.8. The molecule has 4 aromatic carbocycles. The van der Waals surface area contributed by atoms with Gasteiger partial charge in [-0.15, -0.1) is 0 Å². The first-order valence-electron chi connectivity index (χ1n) is 10.6. The Hall–Kier alpha value is -4.28. The largest absolute Gasteiger partial charge is 0.379 e. The Bertz CT molecular complexity index is 1600. The molecule has 0 bridgehead atoms. The van der Waals surface area contributed by atoms with Gasteiger partial charge in [0.05, 0.1) is 21.8 Å². The van der Waals surface area contributed by atoms with Gasteiger partial charge in [0, 0.05) is 5.69 Å². The van der Waals surface area contributed by atoms with Crippen LogP contribution in [0.5, 0.6) is 5.75 Å². The van der Waals surface area contributed by atoms with Gasteiger partial charge in [0.25, 0.3) is 11.8 Å². The van der Waals surface area contributed by atoms with Crippen LogP contribution in [-0.4, -0.2) is 20.2 Å². The average Bonchev–Trinajstić information content (AvgIpc) is 2.86. The first-order valence-corrected chi connectivity index (χ1v) is 12.4. The fourth-order valence-electron chi connectivity index (χ4n) is 3.20. The molecule has 0 aliphatic rings. The highest BCUT2D eigenvalue weighted by Crippen LogP contribution is 2.28. The molecule has 0 fully saturated rings. The zero-order valence-electron chi connectivity index (χ0n) is 18.7. The number of halogens is 3. The maximum atomic E-state index is 13.9. The molecule has 188 valence electrons. The Kier molecular flexibility index (Phi) is 7.51. The molecule has 4 rings (SSSR count). The van der Waals surface area contributed by atoms with E-state index < -0.39 is 33.6 Å². The zero-order chi connectivity index (χ0) is 26.6. The summed E-state index contributed by atoms with van der Waals surface area (Å²) in [7, 11) is -4.37. The van der Waals surface area contributed by atoms with Gasteiger partial charge < -0.3 is 14.8 Å². The first-order chi connectivity index (χ1) is 17.6. The lowest BCUT2D eigenvalue weighted by molar-refractivity contribution is 0.101. The van der Waals surface area contributed by atoms with E-state index in [0.717, 1.165) is 18.2 Å². The normalized spacial score (nSPS) is 11.0. The van der Waals surface area contributed by atoms with Crippen LogP contribution in [0.2, 0.25) is 5.02 Å². The third kappa shape index (κ3) is 6.11. The van der Waals surface area contributed by atoms with E-state index in [1.54, 1.807) is 0 Å². The molecule has 0 atom stereocenters. The topological polar surface area (TPSA) is 102 Å². The fraction of sp³-hybridized carbons (Fsp3) is 0. The maximum absolute atomic E-state index is 13.9. The quantitative estimate of drug-likeness (QED) is 0.284. The summed E-state index contributed by atoms with van der Waals surface area (Å²) in [5.41, 5.74) is -0.176. The second-order valence-electron chi connectivity index (χ2n) is 7.57. The van der Waals surface area contributed by atoms with E-state index in [1.807, 2.05) is 0 Å². The van der Waals surface area contributed by atoms with Crippen molar-refractivity contribution in [1.82, 2.24) is 0 Å². The van der Waals surface area contributed by atoms with Crippen LogP contribution in [0.15, 0.2) is 95.9 Å². The molecule has 11 heteroatoms. The highest BCUT2D eigenvalue weighted by Gasteiger charge is 2.20. The van der Waals surface area contributed by atoms with E-state index in [9.17, 15) is 26.8 Å². The van der Waals surface area contributed by atoms with Crippen LogP contribution in [0.3, 0.4) is 0 Å². The van der Waals surface area contributed by atoms with Gasteiger partial charge >= 0.3 is 10.1 Å². The second kappa shape index (κ2) is 10.8. The van der Waals surface area contributed by atoms with Gasteiger partial charge in [-0.3, -0.25) is 9.59 Å². The van der Waals surface area contributed by atoms with E-state index in [4.69, 9.17) is 15.8 Å². The summed E-state index contributed by atoms with van der Waals surface area (Å²) in [6.07, 6.45) is 0. The molecule has 0 radical (unpaired) electrons. The monoisotopic (exact) mass is 542 g/mol. The lowest BCUT2D eigenvalue weighted by Crippen LogP contribution is -2.15. The van der Waals surface area contributed by atoms with Crippen molar-refractivity contribution < 1.29 is 31.0 Å². The zero-order valence-corrected chi connectivity index (χ0v) is 20.3. The minimum atomic E-state index is -4.37. The minimum Gasteiger partial charge on any atom is -0.379 e. The Morgan fingerprint density at radius 2 is 1.27 bits per heavy atom. The van der Waals surface area contributed by atoms with E-state index in [2.05, 4.69) is 10.6 Å². The molecule has 0 spiro atoms. The number of carbonyl (C=O) groups excluding carboxylic acids is 2. The number of anilines is 2. The standard InChI is InChI=1S/C26H17ClF2N2O5S/c27-21-14-13-18(15-24(21)31-26(33)20-6-2-4-8-23(20)29)37(34,35)36-17-11-9-16(10-12-17)30-25(32)19-5-1-3-7-22(19)28/h1-15H,(H,30,32)(H,31,33). The van der Waals surface area contributed by atoms with Gasteiger partial charge in [0.1, 0.15) is 22.3 Å². The Morgan fingerprint density at radius 3 is 1.84 bits per heavy atom. The van der Waals surface area contributed by atoms with Crippen molar-refractivity contribution in [2.75, 3.05) is 10.6 Å². The van der Waals surface area contributed by atoms with Crippen LogP contribution < -0.4 is 14.8 Å². The molecule has 0 aliphatic carbocycles. The summed E-state index contributed by atoms with van der Waals surface area (Å²) in [6, 6.07) is 19.6. The second-order valence-corrected chi connectivity index (χ2v) is 9.52. The minimum absolute atomic E-state index is 0.0265. The lowest BCUT2D eigenvalue weighted by Gasteiger charge is -2.12. The van der Waals surface area contributed by atoms with Gasteiger partial charge in [-0.2, -0.15) is 8.42 Å². The van der Waals surface area contributed by atoms with Crippen molar-refractivity contribution in [2.45, 2.75) is 4.90 Å². The van der Waals surface area contributed by atoms with Crippen LogP contribution in [0.25, 0.3) is 0 Å². The van der Waals surface area contributed by atoms with Crippen LogP contribution in [0.1, 0.15) is 20.7 Å². The summed E-state index contributed by atoms with van der Waals surface area (Å²) in [5.74, 6) is -3.00. The average molecular weight is 543 g/mol. The number of carbonyl (C=O) groups is 2. The Labute approximate surface area is 215 Å². The highest BCUT2D eigenvalue weighted by atomic mass is 35.5. The molecular weight excluding hydrogens is 526 g/mol. The molecule has 0 aliphatic heterocycles. The molecule has 2 N–H and O–H groups in total. The van der Waals surface area contributed by atoms with E-state index in [-0.39, 0.29) is 38.2 Å². The maximum Gasteiger partial charge on any atom is 0.339 e. The van der Waals surface area contributed by atoms with E-state index in [0.29, 0.717) is 0 Å². The lowest BCUT2D eigenvalue weighted by atomic mass is 10.2. The molecular formula is C26H17ClF2N2O5S. The summed E-state index contributed by atoms with van der Waals surface area (Å²) in [5, 5.41) is 4.92. The molecule has 0 saturated heterocycles. The predicted octanol–water partition coefficient (Wildman–Crippen LogP) is 5.89. The van der Waals surface area contributed by atoms with Gasteiger partial charge in [0.2, 0.25) is 0 Å². The van der Waals surface area contributed by atoms with Crippen molar-refractivity contribution in [3.8, 4) is 5.75 Å². The molecule has 0 aromatic heterocycles. The smallest absolute Gasteiger partial charge is 0.339 e. The fourth-order valence-corrected chi connectivity index (χ4v) is 4.33. The van der Waals surface area contributed by atoms with Crippen LogP contribution in [0, 0.1) is 11.6 Å². The molecule has 2 amide bonds. The predicted molar refractivity (Wildman–Crippen MR) is 134 cm³/mol. The number of amides is 2. The Balaban J connectivity index is 1.48. The van der Waals surface area contributed by atoms with Crippen molar-refractivity contribution in [1.29, 1.82) is 0 Å². The molecule has 0 heterocycles. The van der Waals surface area contributed by atoms with E-state index >= 15 is 0 Å². The highest BCUT2D eigenvalue weighted by molar-refractivity contribution is 7.87. The van der Waals surface area contributed by atoms with Crippen molar-refractivity contribution in [2.24, 2.45) is 0 Å². The molecule has 0 saturated carbocycles. The summed E-state index contributed by atoms with van der Waals surface area (Å²) in [4.78, 5) is 24.3. The number of rotatable bonds is 7. The Morgan fingerprint density at radius 1 is 0.730 bits per heavy atom. The number of hydrogen-bond donors (Lipinski definition) is 2. The molecule has 7 nitrogen and oxygen atoms in total. The van der Waals surface area contributed by atoms with Crippen molar-refractivity contribution in [3.05, 3.63) is 119 Å². The van der Waals surface area contributed by atoms with Crippen molar-refractivity contribution >= 4 is 44.9 Å². The van der Waals surface area contributed by atoms with Gasteiger partial charge in [-0.05, 0) is 66.7 Å². The van der Waals surface area contributed by atoms with Gasteiger partial charge in [-0.1, -0.05) is 35.9 Å². The summed E-state index contributed by atoms with van der Waals surface area (Å²) in [6.45, 7) is 0. The molecule has 37 heavy (non-hydrogen) atoms. The summed E-state index contributed by atoms with van der Waals surface area (Å²) >= 11 is 6.09. The van der Waals surface area contributed by atoms with Crippen LogP contribution >= 0.6 is 11.6 Å². The van der Waals surface area contributed by atoms with E-state index in [1.165, 1.54) is 72.8 Å². The van der Waals surface area contributed by atoms with Crippen LogP contribution in [0.4, 0.5) is 20.2 Å². The van der Waals surface area contributed by atoms with Crippen LogP contribution in [-0.2, 0) is 10.1 Å². The third-order valence-electron chi connectivity index (χ3n) is 5.03. The number of benzene rings is 4. The molecule has 0 unspecified atom stereocenters. The van der Waals surface area contributed by atoms with Crippen molar-refractivity contribution in [3.63, 3.8) is 0 Å². The van der Waals surface area contributed by atoms with Gasteiger partial charge in [0.15, 0.2) is 0 Å². The summed E-state index contributed by atoms with van der Waals surface area (Å²) < 4.78 is 58.5. The van der Waals surface area contributed by atoms with Gasteiger partial charge in [-0.25, -0.2) is 8.78 Å². The SMILES string of the molecule is O=C(Nc1ccc(OS(=O)(=O)c2ccc(Cl)c(NC(=O)c3ccccc3F)c2)cc1)c1ccccc1F. The number of nitrogens with one attached hydrogen (secondary N) is 2.